The van der Waals surface area contributed by atoms with Gasteiger partial charge < -0.3 is 5.43 Å². The molecule has 1 saturated carbocycles. The van der Waals surface area contributed by atoms with Crippen molar-refractivity contribution in [1.82, 2.24) is 16.0 Å². The van der Waals surface area contributed by atoms with Crippen LogP contribution in [0.15, 0.2) is 54.0 Å². The van der Waals surface area contributed by atoms with Crippen molar-refractivity contribution in [2.45, 2.75) is 25.2 Å². The first-order valence-electron chi connectivity index (χ1n) is 7.16. The summed E-state index contributed by atoms with van der Waals surface area (Å²) in [6.45, 7) is 2.04. The van der Waals surface area contributed by atoms with Crippen LogP contribution in [0.2, 0.25) is 0 Å². The minimum absolute atomic E-state index is 0.204. The summed E-state index contributed by atoms with van der Waals surface area (Å²) in [4.78, 5) is 0. The zero-order valence-corrected chi connectivity index (χ0v) is 11.9. The van der Waals surface area contributed by atoms with Crippen molar-refractivity contribution in [3.63, 3.8) is 0 Å². The topological polar surface area (TPSA) is 51.1 Å². The predicted molar refractivity (Wildman–Crippen MR) is 80.9 cm³/mol. The van der Waals surface area contributed by atoms with Crippen molar-refractivity contribution in [1.29, 1.82) is 5.26 Å². The molecule has 104 valence electrons. The Labute approximate surface area is 124 Å². The van der Waals surface area contributed by atoms with E-state index in [1.807, 2.05) is 18.1 Å². The van der Waals surface area contributed by atoms with Crippen LogP contribution < -0.4 is 11.0 Å². The molecule has 1 aromatic carbocycles. The smallest absolute Gasteiger partial charge is 0.0823 e. The van der Waals surface area contributed by atoms with Gasteiger partial charge in [0.15, 0.2) is 0 Å². The van der Waals surface area contributed by atoms with Crippen molar-refractivity contribution in [2.75, 3.05) is 0 Å². The number of benzene rings is 1. The van der Waals surface area contributed by atoms with Gasteiger partial charge in [-0.15, -0.1) is 5.53 Å². The molecule has 0 saturated heterocycles. The molecule has 0 aromatic heterocycles. The maximum absolute atomic E-state index is 9.26. The molecule has 1 aliphatic carbocycles. The lowest BCUT2D eigenvalue weighted by Crippen LogP contribution is -2.34. The molecule has 0 unspecified atom stereocenters. The fraction of sp³-hybridized carbons (Fsp3) is 0.235. The highest BCUT2D eigenvalue weighted by molar-refractivity contribution is 5.77. The van der Waals surface area contributed by atoms with E-state index in [0.717, 1.165) is 29.8 Å². The van der Waals surface area contributed by atoms with Crippen LogP contribution in [-0.4, -0.2) is 5.01 Å². The molecular weight excluding hydrogens is 260 g/mol. The van der Waals surface area contributed by atoms with Crippen LogP contribution in [-0.2, 0) is 5.41 Å². The van der Waals surface area contributed by atoms with E-state index in [0.29, 0.717) is 0 Å². The van der Waals surface area contributed by atoms with E-state index < -0.39 is 0 Å². The number of hydrogen-bond donors (Lipinski definition) is 2. The average molecular weight is 276 g/mol. The van der Waals surface area contributed by atoms with Gasteiger partial charge in [-0.1, -0.05) is 24.3 Å². The molecule has 1 aromatic rings. The van der Waals surface area contributed by atoms with Gasteiger partial charge in [0.05, 0.1) is 22.9 Å². The Balaban J connectivity index is 1.66. The molecule has 0 radical (unpaired) electrons. The summed E-state index contributed by atoms with van der Waals surface area (Å²) >= 11 is 0. The van der Waals surface area contributed by atoms with Gasteiger partial charge >= 0.3 is 0 Å². The second kappa shape index (κ2) is 4.24. The minimum Gasteiger partial charge on any atom is -0.306 e. The Hall–Kier alpha value is -2.51. The molecule has 4 rings (SSSR count). The summed E-state index contributed by atoms with van der Waals surface area (Å²) in [5.74, 6) is 0. The van der Waals surface area contributed by atoms with Crippen molar-refractivity contribution in [2.24, 2.45) is 0 Å². The van der Waals surface area contributed by atoms with E-state index in [2.05, 4.69) is 53.4 Å². The standard InChI is InChI=1S/C17H16N4/c1-12-16-10-14(6-9-21(16)20-19-12)13-2-4-15(5-3-13)17(11-18)7-8-17/h2-6,9-10,19-20H,7-8H2,1H3. The van der Waals surface area contributed by atoms with Crippen molar-refractivity contribution >= 4 is 5.57 Å². The van der Waals surface area contributed by atoms with Gasteiger partial charge in [-0.05, 0) is 48.6 Å². The molecule has 1 fully saturated rings. The predicted octanol–water partition coefficient (Wildman–Crippen LogP) is 2.71. The molecule has 4 heteroatoms. The van der Waals surface area contributed by atoms with E-state index in [4.69, 9.17) is 0 Å². The lowest BCUT2D eigenvalue weighted by Gasteiger charge is -2.19. The molecular formula is C17H16N4. The molecule has 21 heavy (non-hydrogen) atoms. The van der Waals surface area contributed by atoms with Crippen molar-refractivity contribution in [3.8, 4) is 6.07 Å². The monoisotopic (exact) mass is 276 g/mol. The van der Waals surface area contributed by atoms with Gasteiger partial charge in [0.2, 0.25) is 0 Å². The number of hydrogen-bond acceptors (Lipinski definition) is 4. The molecule has 4 nitrogen and oxygen atoms in total. The van der Waals surface area contributed by atoms with Crippen LogP contribution in [0.1, 0.15) is 30.9 Å². The van der Waals surface area contributed by atoms with Crippen LogP contribution in [0.3, 0.4) is 0 Å². The van der Waals surface area contributed by atoms with Crippen LogP contribution in [0.4, 0.5) is 0 Å². The fourth-order valence-electron chi connectivity index (χ4n) is 2.85. The second-order valence-corrected chi connectivity index (χ2v) is 5.80. The zero-order valence-electron chi connectivity index (χ0n) is 11.9. The van der Waals surface area contributed by atoms with Crippen LogP contribution >= 0.6 is 0 Å². The normalized spacial score (nSPS) is 21.5. The quantitative estimate of drug-likeness (QED) is 0.872. The molecule has 2 heterocycles. The first kappa shape index (κ1) is 12.2. The second-order valence-electron chi connectivity index (χ2n) is 5.80. The summed E-state index contributed by atoms with van der Waals surface area (Å²) < 4.78 is 0. The van der Waals surface area contributed by atoms with Crippen LogP contribution in [0.25, 0.3) is 5.57 Å². The van der Waals surface area contributed by atoms with Gasteiger partial charge in [-0.25, -0.2) is 0 Å². The number of nitrogens with one attached hydrogen (secondary N) is 2. The molecule has 2 N–H and O–H groups in total. The van der Waals surface area contributed by atoms with Gasteiger partial charge in [0.1, 0.15) is 0 Å². The highest BCUT2D eigenvalue weighted by Crippen LogP contribution is 2.47. The van der Waals surface area contributed by atoms with Gasteiger partial charge in [0, 0.05) is 6.20 Å². The van der Waals surface area contributed by atoms with Gasteiger partial charge in [-0.2, -0.15) is 5.26 Å². The molecule has 3 aliphatic rings. The summed E-state index contributed by atoms with van der Waals surface area (Å²) in [7, 11) is 0. The van der Waals surface area contributed by atoms with Gasteiger partial charge in [-0.3, -0.25) is 5.01 Å². The number of nitriles is 1. The van der Waals surface area contributed by atoms with E-state index in [1.54, 1.807) is 0 Å². The maximum atomic E-state index is 9.26. The Kier molecular flexibility index (Phi) is 2.47. The number of allylic oxidation sites excluding steroid dienone is 4. The third kappa shape index (κ3) is 1.86. The van der Waals surface area contributed by atoms with Crippen molar-refractivity contribution < 1.29 is 0 Å². The van der Waals surface area contributed by atoms with Crippen molar-refractivity contribution in [3.05, 3.63) is 65.1 Å². The third-order valence-electron chi connectivity index (χ3n) is 4.44. The zero-order chi connectivity index (χ0) is 14.4. The summed E-state index contributed by atoms with van der Waals surface area (Å²) in [6, 6.07) is 10.9. The van der Waals surface area contributed by atoms with E-state index in [-0.39, 0.29) is 5.41 Å². The number of fused-ring (bicyclic) bond motifs is 1. The first-order valence-corrected chi connectivity index (χ1v) is 7.16. The SMILES string of the molecule is CC1=C2C=C(c3ccc(C4(C#N)CC4)cc3)C=CN2NN1. The fourth-order valence-corrected chi connectivity index (χ4v) is 2.85. The highest BCUT2D eigenvalue weighted by Gasteiger charge is 2.44. The Bertz CT molecular complexity index is 727. The third-order valence-corrected chi connectivity index (χ3v) is 4.44. The summed E-state index contributed by atoms with van der Waals surface area (Å²) in [5, 5.41) is 11.2. The molecule has 0 atom stereocenters. The van der Waals surface area contributed by atoms with E-state index in [9.17, 15) is 5.26 Å². The number of nitrogens with zero attached hydrogens (tertiary/aromatic N) is 2. The first-order chi connectivity index (χ1) is 10.2. The Morgan fingerprint density at radius 3 is 2.67 bits per heavy atom. The maximum Gasteiger partial charge on any atom is 0.0823 e. The summed E-state index contributed by atoms with van der Waals surface area (Å²) in [5.41, 5.74) is 11.7. The molecule has 2 aliphatic heterocycles. The van der Waals surface area contributed by atoms with E-state index >= 15 is 0 Å². The summed E-state index contributed by atoms with van der Waals surface area (Å²) in [6.07, 6.45) is 8.24. The Morgan fingerprint density at radius 2 is 2.00 bits per heavy atom. The molecule has 0 bridgehead atoms. The Morgan fingerprint density at radius 1 is 1.24 bits per heavy atom. The molecule has 0 amide bonds. The van der Waals surface area contributed by atoms with Crippen LogP contribution in [0.5, 0.6) is 0 Å². The lowest BCUT2D eigenvalue weighted by molar-refractivity contribution is 0.348. The van der Waals surface area contributed by atoms with E-state index in [1.165, 1.54) is 11.1 Å². The largest absolute Gasteiger partial charge is 0.306 e. The lowest BCUT2D eigenvalue weighted by atomic mass is 9.94. The number of hydrazine groups is 2. The number of rotatable bonds is 2. The van der Waals surface area contributed by atoms with Crippen LogP contribution in [0, 0.1) is 11.3 Å². The molecule has 0 spiro atoms. The minimum atomic E-state index is -0.204. The van der Waals surface area contributed by atoms with Gasteiger partial charge in [0.25, 0.3) is 0 Å². The highest BCUT2D eigenvalue weighted by atomic mass is 15.7. The average Bonchev–Trinajstić information content (AvgIpc) is 3.26.